The summed E-state index contributed by atoms with van der Waals surface area (Å²) in [6.45, 7) is 3.41. The average Bonchev–Trinajstić information content (AvgIpc) is 2.75. The topological polar surface area (TPSA) is 52.7 Å². The van der Waals surface area contributed by atoms with Crippen LogP contribution in [0.3, 0.4) is 0 Å². The summed E-state index contributed by atoms with van der Waals surface area (Å²) in [5.41, 5.74) is 3.33. The van der Waals surface area contributed by atoms with Crippen molar-refractivity contribution in [3.05, 3.63) is 65.7 Å². The van der Waals surface area contributed by atoms with Crippen LogP contribution < -0.4 is 10.2 Å². The molecular weight excluding hydrogens is 350 g/mol. The third-order valence-corrected chi connectivity index (χ3v) is 5.72. The first-order valence-electron chi connectivity index (χ1n) is 10.2. The highest BCUT2D eigenvalue weighted by molar-refractivity contribution is 6.40. The second-order valence-electron chi connectivity index (χ2n) is 7.70. The van der Waals surface area contributed by atoms with Gasteiger partial charge in [0.05, 0.1) is 0 Å². The average molecular weight is 377 g/mol. The number of rotatable bonds is 3. The second-order valence-corrected chi connectivity index (χ2v) is 7.70. The Balaban J connectivity index is 1.30. The first-order chi connectivity index (χ1) is 13.7. The fourth-order valence-corrected chi connectivity index (χ4v) is 4.19. The van der Waals surface area contributed by atoms with Gasteiger partial charge in [0.1, 0.15) is 0 Å². The van der Waals surface area contributed by atoms with Gasteiger partial charge in [-0.05, 0) is 42.9 Å². The van der Waals surface area contributed by atoms with E-state index < -0.39 is 11.8 Å². The number of hydrogen-bond acceptors (Lipinski definition) is 3. The molecule has 0 aliphatic carbocycles. The monoisotopic (exact) mass is 377 g/mol. The number of para-hydroxylation sites is 1. The number of piperidine rings is 1. The van der Waals surface area contributed by atoms with E-state index in [0.29, 0.717) is 6.54 Å². The molecule has 5 heteroatoms. The molecule has 5 nitrogen and oxygen atoms in total. The Morgan fingerprint density at radius 3 is 2.43 bits per heavy atom. The smallest absolute Gasteiger partial charge is 0.316 e. The van der Waals surface area contributed by atoms with Crippen LogP contribution in [0.25, 0.3) is 0 Å². The minimum atomic E-state index is -0.474. The zero-order valence-electron chi connectivity index (χ0n) is 16.1. The van der Waals surface area contributed by atoms with Gasteiger partial charge in [0.2, 0.25) is 0 Å². The number of nitrogens with zero attached hydrogens (tertiary/aromatic N) is 2. The van der Waals surface area contributed by atoms with E-state index in [1.807, 2.05) is 30.3 Å². The number of benzene rings is 2. The Hall–Kier alpha value is -2.66. The van der Waals surface area contributed by atoms with Crippen LogP contribution in [-0.4, -0.2) is 42.4 Å². The molecule has 2 aromatic rings. The van der Waals surface area contributed by atoms with Crippen LogP contribution in [0.1, 0.15) is 30.4 Å². The summed E-state index contributed by atoms with van der Waals surface area (Å²) < 4.78 is 0. The van der Waals surface area contributed by atoms with E-state index in [9.17, 15) is 9.59 Å². The summed E-state index contributed by atoms with van der Waals surface area (Å²) in [6, 6.07) is 18.4. The highest BCUT2D eigenvalue weighted by Gasteiger charge is 2.29. The Labute approximate surface area is 166 Å². The molecule has 146 valence electrons. The standard InChI is InChI=1S/C23H27N3O2/c27-22(23(28)26-14-6-10-19-9-4-5-11-21(19)26)24-20-12-15-25(16-13-20)17-18-7-2-1-3-8-18/h1-5,7-9,11,20H,6,10,12-17H2,(H,24,27). The molecule has 4 rings (SSSR count). The van der Waals surface area contributed by atoms with Crippen molar-refractivity contribution in [2.75, 3.05) is 24.5 Å². The van der Waals surface area contributed by atoms with Gasteiger partial charge in [0, 0.05) is 37.9 Å². The normalized spacial score (nSPS) is 17.8. The van der Waals surface area contributed by atoms with Crippen molar-refractivity contribution >= 4 is 17.5 Å². The first kappa shape index (κ1) is 18.7. The van der Waals surface area contributed by atoms with Crippen molar-refractivity contribution in [2.24, 2.45) is 0 Å². The molecule has 2 aliphatic rings. The van der Waals surface area contributed by atoms with Gasteiger partial charge in [-0.2, -0.15) is 0 Å². The van der Waals surface area contributed by atoms with Gasteiger partial charge < -0.3 is 10.2 Å². The van der Waals surface area contributed by atoms with E-state index in [1.165, 1.54) is 5.56 Å². The van der Waals surface area contributed by atoms with E-state index in [1.54, 1.807) is 4.90 Å². The maximum atomic E-state index is 12.7. The molecule has 0 unspecified atom stereocenters. The number of amides is 2. The highest BCUT2D eigenvalue weighted by Crippen LogP contribution is 2.26. The van der Waals surface area contributed by atoms with Gasteiger partial charge in [-0.3, -0.25) is 14.5 Å². The van der Waals surface area contributed by atoms with Gasteiger partial charge >= 0.3 is 11.8 Å². The van der Waals surface area contributed by atoms with E-state index >= 15 is 0 Å². The lowest BCUT2D eigenvalue weighted by Gasteiger charge is -2.33. The Bertz CT molecular complexity index is 829. The van der Waals surface area contributed by atoms with Crippen LogP contribution in [0.2, 0.25) is 0 Å². The predicted molar refractivity (Wildman–Crippen MR) is 110 cm³/mol. The highest BCUT2D eigenvalue weighted by atomic mass is 16.2. The third-order valence-electron chi connectivity index (χ3n) is 5.72. The van der Waals surface area contributed by atoms with Crippen molar-refractivity contribution in [1.29, 1.82) is 0 Å². The van der Waals surface area contributed by atoms with Gasteiger partial charge in [-0.1, -0.05) is 48.5 Å². The molecule has 0 radical (unpaired) electrons. The minimum Gasteiger partial charge on any atom is -0.345 e. The van der Waals surface area contributed by atoms with E-state index in [0.717, 1.165) is 56.6 Å². The summed E-state index contributed by atoms with van der Waals surface area (Å²) in [5, 5.41) is 2.97. The molecule has 2 aromatic carbocycles. The van der Waals surface area contributed by atoms with E-state index in [2.05, 4.69) is 34.5 Å². The number of hydrogen-bond donors (Lipinski definition) is 1. The molecule has 0 atom stereocenters. The van der Waals surface area contributed by atoms with E-state index in [4.69, 9.17) is 0 Å². The number of aryl methyl sites for hydroxylation is 1. The minimum absolute atomic E-state index is 0.0727. The number of carbonyl (C=O) groups excluding carboxylic acids is 2. The van der Waals surface area contributed by atoms with E-state index in [-0.39, 0.29) is 6.04 Å². The fourth-order valence-electron chi connectivity index (χ4n) is 4.19. The third kappa shape index (κ3) is 4.25. The maximum Gasteiger partial charge on any atom is 0.316 e. The van der Waals surface area contributed by atoms with Gasteiger partial charge in [0.15, 0.2) is 0 Å². The Morgan fingerprint density at radius 1 is 0.929 bits per heavy atom. The second kappa shape index (κ2) is 8.57. The molecular formula is C23H27N3O2. The Morgan fingerprint density at radius 2 is 1.64 bits per heavy atom. The van der Waals surface area contributed by atoms with Crippen LogP contribution in [0.15, 0.2) is 54.6 Å². The van der Waals surface area contributed by atoms with Gasteiger partial charge in [-0.25, -0.2) is 0 Å². The quantitative estimate of drug-likeness (QED) is 0.837. The Kier molecular flexibility index (Phi) is 5.72. The molecule has 2 aliphatic heterocycles. The number of nitrogens with one attached hydrogen (secondary N) is 1. The SMILES string of the molecule is O=C(NC1CCN(Cc2ccccc2)CC1)C(=O)N1CCCc2ccccc21. The van der Waals surface area contributed by atoms with Crippen LogP contribution in [0.5, 0.6) is 0 Å². The molecule has 0 bridgehead atoms. The van der Waals surface area contributed by atoms with Crippen LogP contribution in [0, 0.1) is 0 Å². The molecule has 0 spiro atoms. The first-order valence-corrected chi connectivity index (χ1v) is 10.2. The molecule has 1 saturated heterocycles. The lowest BCUT2D eigenvalue weighted by atomic mass is 10.0. The lowest BCUT2D eigenvalue weighted by molar-refractivity contribution is -0.138. The molecule has 1 N–H and O–H groups in total. The summed E-state index contributed by atoms with van der Waals surface area (Å²) in [5.74, 6) is -0.905. The van der Waals surface area contributed by atoms with Crippen LogP contribution in [0.4, 0.5) is 5.69 Å². The van der Waals surface area contributed by atoms with Crippen molar-refractivity contribution < 1.29 is 9.59 Å². The van der Waals surface area contributed by atoms with Crippen LogP contribution >= 0.6 is 0 Å². The summed E-state index contributed by atoms with van der Waals surface area (Å²) >= 11 is 0. The molecule has 0 saturated carbocycles. The summed E-state index contributed by atoms with van der Waals surface area (Å²) in [6.07, 6.45) is 3.61. The molecule has 0 aromatic heterocycles. The van der Waals surface area contributed by atoms with Gasteiger partial charge in [-0.15, -0.1) is 0 Å². The molecule has 2 heterocycles. The number of fused-ring (bicyclic) bond motifs is 1. The summed E-state index contributed by atoms with van der Waals surface area (Å²) in [7, 11) is 0. The fraction of sp³-hybridized carbons (Fsp3) is 0.391. The van der Waals surface area contributed by atoms with Crippen molar-refractivity contribution in [2.45, 2.75) is 38.3 Å². The van der Waals surface area contributed by atoms with Gasteiger partial charge in [0.25, 0.3) is 0 Å². The molecule has 1 fully saturated rings. The van der Waals surface area contributed by atoms with Crippen LogP contribution in [-0.2, 0) is 22.6 Å². The zero-order chi connectivity index (χ0) is 19.3. The summed E-state index contributed by atoms with van der Waals surface area (Å²) in [4.78, 5) is 29.4. The molecule has 2 amide bonds. The number of likely N-dealkylation sites (tertiary alicyclic amines) is 1. The number of anilines is 1. The largest absolute Gasteiger partial charge is 0.345 e. The predicted octanol–water partition coefficient (Wildman–Crippen LogP) is 2.75. The number of carbonyl (C=O) groups is 2. The van der Waals surface area contributed by atoms with Crippen molar-refractivity contribution in [3.63, 3.8) is 0 Å². The molecule has 28 heavy (non-hydrogen) atoms. The van der Waals surface area contributed by atoms with Crippen molar-refractivity contribution in [3.8, 4) is 0 Å². The van der Waals surface area contributed by atoms with Crippen molar-refractivity contribution in [1.82, 2.24) is 10.2 Å². The lowest BCUT2D eigenvalue weighted by Crippen LogP contribution is -2.50. The maximum absolute atomic E-state index is 12.7. The zero-order valence-corrected chi connectivity index (χ0v) is 16.1.